The highest BCUT2D eigenvalue weighted by atomic mass is 35.5. The Labute approximate surface area is 118 Å². The summed E-state index contributed by atoms with van der Waals surface area (Å²) in [6, 6.07) is 5.24. The van der Waals surface area contributed by atoms with Gasteiger partial charge in [-0.25, -0.2) is 0 Å². The van der Waals surface area contributed by atoms with E-state index in [1.807, 2.05) is 26.8 Å². The van der Waals surface area contributed by atoms with E-state index >= 15 is 0 Å². The van der Waals surface area contributed by atoms with Crippen molar-refractivity contribution < 1.29 is 9.53 Å². The Morgan fingerprint density at radius 2 is 1.94 bits per heavy atom. The summed E-state index contributed by atoms with van der Waals surface area (Å²) in [6.07, 6.45) is 0.961. The number of Topliss-reactive ketones (excluding diaryl/α,β-unsaturated/α-hetero) is 1. The number of halogens is 2. The summed E-state index contributed by atoms with van der Waals surface area (Å²) in [7, 11) is 0. The van der Waals surface area contributed by atoms with Crippen LogP contribution in [0.1, 0.15) is 32.8 Å². The van der Waals surface area contributed by atoms with Crippen LogP contribution in [0, 0.1) is 0 Å². The molecule has 1 aromatic carbocycles. The maximum atomic E-state index is 12.3. The summed E-state index contributed by atoms with van der Waals surface area (Å²) in [4.78, 5) is 12.3. The summed E-state index contributed by atoms with van der Waals surface area (Å²) < 4.78 is 5.56. The number of ether oxygens (including phenoxy) is 1. The zero-order valence-corrected chi connectivity index (χ0v) is 12.4. The second kappa shape index (κ2) is 6.55. The maximum Gasteiger partial charge on any atom is 0.168 e. The molecule has 0 saturated heterocycles. The molecule has 18 heavy (non-hydrogen) atoms. The molecule has 0 aliphatic rings. The normalized spacial score (nSPS) is 14.3. The van der Waals surface area contributed by atoms with Crippen LogP contribution in [0.2, 0.25) is 10.0 Å². The van der Waals surface area contributed by atoms with Gasteiger partial charge in [0.15, 0.2) is 5.78 Å². The van der Waals surface area contributed by atoms with Gasteiger partial charge >= 0.3 is 0 Å². The molecule has 2 nitrogen and oxygen atoms in total. The fourth-order valence-corrected chi connectivity index (χ4v) is 2.04. The smallest absolute Gasteiger partial charge is 0.168 e. The van der Waals surface area contributed by atoms with Crippen molar-refractivity contribution in [1.82, 2.24) is 0 Å². The number of rotatable bonds is 6. The largest absolute Gasteiger partial charge is 0.368 e. The molecule has 1 rings (SSSR count). The van der Waals surface area contributed by atoms with E-state index in [0.29, 0.717) is 29.5 Å². The molecule has 0 aliphatic heterocycles. The van der Waals surface area contributed by atoms with E-state index in [9.17, 15) is 4.79 Å². The molecule has 4 heteroatoms. The molecule has 0 bridgehead atoms. The lowest BCUT2D eigenvalue weighted by Crippen LogP contribution is -2.39. The average Bonchev–Trinajstić information content (AvgIpc) is 2.34. The van der Waals surface area contributed by atoms with Gasteiger partial charge in [-0.05, 0) is 38.0 Å². The van der Waals surface area contributed by atoms with Crippen molar-refractivity contribution in [3.8, 4) is 0 Å². The molecule has 0 radical (unpaired) electrons. The quantitative estimate of drug-likeness (QED) is 0.780. The molecule has 1 aromatic rings. The Kier molecular flexibility index (Phi) is 5.64. The molecular weight excluding hydrogens is 271 g/mol. The number of hydrogen-bond donors (Lipinski definition) is 0. The van der Waals surface area contributed by atoms with Crippen LogP contribution in [0.15, 0.2) is 18.2 Å². The molecule has 0 spiro atoms. The molecule has 0 amide bonds. The first kappa shape index (κ1) is 15.5. The van der Waals surface area contributed by atoms with E-state index < -0.39 is 5.60 Å². The minimum atomic E-state index is -0.721. The second-order valence-electron chi connectivity index (χ2n) is 4.37. The minimum absolute atomic E-state index is 0.0604. The van der Waals surface area contributed by atoms with Gasteiger partial charge < -0.3 is 4.74 Å². The third kappa shape index (κ3) is 3.71. The maximum absolute atomic E-state index is 12.3. The number of carbonyl (C=O) groups excluding carboxylic acids is 1. The standard InChI is InChI=1S/C14H18Cl2O2/c1-4-14(3,18-5-2)13(17)9-10-6-7-11(15)12(16)8-10/h6-8H,4-5,9H2,1-3H3. The molecule has 100 valence electrons. The molecule has 0 N–H and O–H groups in total. The number of ketones is 1. The second-order valence-corrected chi connectivity index (χ2v) is 5.18. The zero-order chi connectivity index (χ0) is 13.8. The van der Waals surface area contributed by atoms with Crippen molar-refractivity contribution in [2.24, 2.45) is 0 Å². The lowest BCUT2D eigenvalue weighted by molar-refractivity contribution is -0.141. The molecule has 1 atom stereocenters. The Morgan fingerprint density at radius 3 is 2.44 bits per heavy atom. The van der Waals surface area contributed by atoms with E-state index in [1.54, 1.807) is 12.1 Å². The van der Waals surface area contributed by atoms with Crippen molar-refractivity contribution in [3.05, 3.63) is 33.8 Å². The number of hydrogen-bond acceptors (Lipinski definition) is 2. The lowest BCUT2D eigenvalue weighted by atomic mass is 9.92. The summed E-state index contributed by atoms with van der Waals surface area (Å²) >= 11 is 11.8. The SMILES string of the molecule is CCOC(C)(CC)C(=O)Cc1ccc(Cl)c(Cl)c1. The monoisotopic (exact) mass is 288 g/mol. The van der Waals surface area contributed by atoms with Crippen molar-refractivity contribution in [2.45, 2.75) is 39.2 Å². The van der Waals surface area contributed by atoms with E-state index in [0.717, 1.165) is 5.56 Å². The van der Waals surface area contributed by atoms with Gasteiger partial charge in [0, 0.05) is 13.0 Å². The van der Waals surface area contributed by atoms with Crippen LogP contribution < -0.4 is 0 Å². The van der Waals surface area contributed by atoms with Gasteiger partial charge in [0.05, 0.1) is 10.0 Å². The Balaban J connectivity index is 2.83. The van der Waals surface area contributed by atoms with Crippen molar-refractivity contribution >= 4 is 29.0 Å². The molecule has 1 unspecified atom stereocenters. The number of benzene rings is 1. The summed E-state index contributed by atoms with van der Waals surface area (Å²) in [6.45, 7) is 6.19. The van der Waals surface area contributed by atoms with Gasteiger partial charge in [-0.3, -0.25) is 4.79 Å². The predicted molar refractivity (Wildman–Crippen MR) is 75.5 cm³/mol. The lowest BCUT2D eigenvalue weighted by Gasteiger charge is -2.26. The molecule has 0 aliphatic carbocycles. The first-order valence-electron chi connectivity index (χ1n) is 6.04. The fraction of sp³-hybridized carbons (Fsp3) is 0.500. The van der Waals surface area contributed by atoms with Crippen LogP contribution >= 0.6 is 23.2 Å². The molecule has 0 aromatic heterocycles. The zero-order valence-electron chi connectivity index (χ0n) is 10.9. The Hall–Kier alpha value is -0.570. The third-order valence-electron chi connectivity index (χ3n) is 3.08. The van der Waals surface area contributed by atoms with E-state index in [1.165, 1.54) is 0 Å². The van der Waals surface area contributed by atoms with E-state index in [2.05, 4.69) is 0 Å². The summed E-state index contributed by atoms with van der Waals surface area (Å²) in [5, 5.41) is 0.965. The first-order chi connectivity index (χ1) is 8.42. The molecular formula is C14H18Cl2O2. The van der Waals surface area contributed by atoms with Crippen LogP contribution in [-0.2, 0) is 16.0 Å². The van der Waals surface area contributed by atoms with E-state index in [4.69, 9.17) is 27.9 Å². The fourth-order valence-electron chi connectivity index (χ4n) is 1.72. The average molecular weight is 289 g/mol. The Morgan fingerprint density at radius 1 is 1.28 bits per heavy atom. The first-order valence-corrected chi connectivity index (χ1v) is 6.79. The summed E-state index contributed by atoms with van der Waals surface area (Å²) in [5.74, 6) is 0.0604. The number of carbonyl (C=O) groups is 1. The van der Waals surface area contributed by atoms with Gasteiger partial charge in [-0.2, -0.15) is 0 Å². The van der Waals surface area contributed by atoms with Crippen molar-refractivity contribution in [1.29, 1.82) is 0 Å². The Bertz CT molecular complexity index is 432. The molecule has 0 fully saturated rings. The van der Waals surface area contributed by atoms with E-state index in [-0.39, 0.29) is 5.78 Å². The van der Waals surface area contributed by atoms with Crippen LogP contribution in [0.4, 0.5) is 0 Å². The highest BCUT2D eigenvalue weighted by Gasteiger charge is 2.31. The van der Waals surface area contributed by atoms with Crippen molar-refractivity contribution in [3.63, 3.8) is 0 Å². The van der Waals surface area contributed by atoms with Gasteiger partial charge in [-0.1, -0.05) is 36.2 Å². The van der Waals surface area contributed by atoms with Gasteiger partial charge in [0.2, 0.25) is 0 Å². The highest BCUT2D eigenvalue weighted by molar-refractivity contribution is 6.42. The topological polar surface area (TPSA) is 26.3 Å². The predicted octanol–water partition coefficient (Wildman–Crippen LogP) is 4.31. The minimum Gasteiger partial charge on any atom is -0.368 e. The van der Waals surface area contributed by atoms with Crippen LogP contribution in [-0.4, -0.2) is 18.0 Å². The van der Waals surface area contributed by atoms with Crippen LogP contribution in [0.5, 0.6) is 0 Å². The molecule has 0 saturated carbocycles. The third-order valence-corrected chi connectivity index (χ3v) is 3.82. The molecule has 0 heterocycles. The van der Waals surface area contributed by atoms with Gasteiger partial charge in [0.25, 0.3) is 0 Å². The van der Waals surface area contributed by atoms with Crippen molar-refractivity contribution in [2.75, 3.05) is 6.61 Å². The van der Waals surface area contributed by atoms with Gasteiger partial charge in [-0.15, -0.1) is 0 Å². The van der Waals surface area contributed by atoms with Crippen LogP contribution in [0.25, 0.3) is 0 Å². The summed E-state index contributed by atoms with van der Waals surface area (Å²) in [5.41, 5.74) is 0.134. The van der Waals surface area contributed by atoms with Crippen LogP contribution in [0.3, 0.4) is 0 Å². The van der Waals surface area contributed by atoms with Gasteiger partial charge in [0.1, 0.15) is 5.60 Å². The highest BCUT2D eigenvalue weighted by Crippen LogP contribution is 2.25.